The van der Waals surface area contributed by atoms with Crippen LogP contribution in [0.1, 0.15) is 11.1 Å². The molecule has 2 aromatic rings. The number of nitrogens with one attached hydrogen (secondary N) is 1. The zero-order valence-electron chi connectivity index (χ0n) is 10.5. The molecule has 0 aliphatic heterocycles. The first-order valence-electron chi connectivity index (χ1n) is 5.81. The average molecular weight is 331 g/mol. The minimum atomic E-state index is -4.50. The third-order valence-corrected chi connectivity index (χ3v) is 3.20. The Labute approximate surface area is 129 Å². The van der Waals surface area contributed by atoms with Crippen molar-refractivity contribution in [3.8, 4) is 0 Å². The highest BCUT2D eigenvalue weighted by Gasteiger charge is 2.34. The summed E-state index contributed by atoms with van der Waals surface area (Å²) in [6, 6.07) is 10.3. The third-order valence-electron chi connectivity index (χ3n) is 2.72. The Morgan fingerprint density at radius 3 is 2.14 bits per heavy atom. The lowest BCUT2D eigenvalue weighted by Gasteiger charge is -2.14. The van der Waals surface area contributed by atoms with Crippen LogP contribution in [-0.4, -0.2) is 4.99 Å². The number of alkyl halides is 3. The number of nitrogens with two attached hydrogens (primary N) is 1. The summed E-state index contributed by atoms with van der Waals surface area (Å²) in [5, 5.41) is 3.53. The van der Waals surface area contributed by atoms with Crippen molar-refractivity contribution in [3.05, 3.63) is 58.6 Å². The van der Waals surface area contributed by atoms with E-state index in [1.807, 2.05) is 0 Å². The number of halogens is 4. The van der Waals surface area contributed by atoms with Gasteiger partial charge >= 0.3 is 6.18 Å². The molecular weight excluding hydrogens is 321 g/mol. The molecule has 0 radical (unpaired) electrons. The maximum Gasteiger partial charge on any atom is 0.417 e. The van der Waals surface area contributed by atoms with Crippen LogP contribution < -0.4 is 11.1 Å². The molecule has 0 unspecified atom stereocenters. The second-order valence-electron chi connectivity index (χ2n) is 4.25. The molecule has 2 rings (SSSR count). The van der Waals surface area contributed by atoms with Crippen molar-refractivity contribution >= 4 is 40.2 Å². The fourth-order valence-electron chi connectivity index (χ4n) is 1.77. The van der Waals surface area contributed by atoms with E-state index in [2.05, 4.69) is 5.32 Å². The monoisotopic (exact) mass is 330 g/mol. The van der Waals surface area contributed by atoms with Crippen LogP contribution >= 0.6 is 23.8 Å². The van der Waals surface area contributed by atoms with Gasteiger partial charge in [-0.25, -0.2) is 0 Å². The second-order valence-corrected chi connectivity index (χ2v) is 5.13. The van der Waals surface area contributed by atoms with Crippen LogP contribution in [0, 0.1) is 0 Å². The molecule has 0 heterocycles. The average Bonchev–Trinajstić information content (AvgIpc) is 2.40. The van der Waals surface area contributed by atoms with Gasteiger partial charge < -0.3 is 11.1 Å². The van der Waals surface area contributed by atoms with Crippen molar-refractivity contribution in [1.29, 1.82) is 0 Å². The molecule has 0 fully saturated rings. The van der Waals surface area contributed by atoms with Gasteiger partial charge in [-0.15, -0.1) is 0 Å². The van der Waals surface area contributed by atoms with Gasteiger partial charge in [0.1, 0.15) is 4.99 Å². The van der Waals surface area contributed by atoms with Crippen LogP contribution in [0.2, 0.25) is 5.02 Å². The van der Waals surface area contributed by atoms with Crippen LogP contribution in [0.15, 0.2) is 42.5 Å². The maximum atomic E-state index is 12.9. The molecule has 0 amide bonds. The Morgan fingerprint density at radius 2 is 1.62 bits per heavy atom. The topological polar surface area (TPSA) is 38.0 Å². The van der Waals surface area contributed by atoms with E-state index in [1.165, 1.54) is 12.1 Å². The van der Waals surface area contributed by atoms with Gasteiger partial charge in [0.05, 0.1) is 5.56 Å². The van der Waals surface area contributed by atoms with Crippen LogP contribution in [0.4, 0.5) is 24.5 Å². The van der Waals surface area contributed by atoms with E-state index in [1.54, 1.807) is 24.3 Å². The van der Waals surface area contributed by atoms with Crippen LogP contribution in [0.5, 0.6) is 0 Å². The van der Waals surface area contributed by atoms with E-state index < -0.39 is 11.7 Å². The van der Waals surface area contributed by atoms with Gasteiger partial charge in [0, 0.05) is 22.0 Å². The number of thiocarbonyl (C=S) groups is 1. The van der Waals surface area contributed by atoms with E-state index in [4.69, 9.17) is 29.6 Å². The summed E-state index contributed by atoms with van der Waals surface area (Å²) in [4.78, 5) is -0.304. The van der Waals surface area contributed by atoms with Crippen molar-refractivity contribution in [2.24, 2.45) is 5.73 Å². The Bertz CT molecular complexity index is 669. The molecule has 0 aromatic heterocycles. The maximum absolute atomic E-state index is 12.9. The fourth-order valence-corrected chi connectivity index (χ4v) is 2.07. The van der Waals surface area contributed by atoms with E-state index in [9.17, 15) is 13.2 Å². The number of anilines is 2. The molecule has 0 spiro atoms. The number of benzene rings is 2. The number of rotatable bonds is 3. The third kappa shape index (κ3) is 3.86. The molecule has 0 bridgehead atoms. The van der Waals surface area contributed by atoms with E-state index in [0.717, 1.165) is 6.07 Å². The van der Waals surface area contributed by atoms with E-state index in [-0.39, 0.29) is 10.6 Å². The molecule has 110 valence electrons. The summed E-state index contributed by atoms with van der Waals surface area (Å²) in [5.74, 6) is 0. The Balaban J connectivity index is 2.36. The van der Waals surface area contributed by atoms with Crippen molar-refractivity contribution in [1.82, 2.24) is 0 Å². The predicted molar refractivity (Wildman–Crippen MR) is 82.1 cm³/mol. The van der Waals surface area contributed by atoms with Crippen LogP contribution in [-0.2, 0) is 6.18 Å². The van der Waals surface area contributed by atoms with Gasteiger partial charge in [0.15, 0.2) is 0 Å². The summed E-state index contributed by atoms with van der Waals surface area (Å²) < 4.78 is 38.6. The van der Waals surface area contributed by atoms with E-state index >= 15 is 0 Å². The summed E-state index contributed by atoms with van der Waals surface area (Å²) in [6.45, 7) is 0. The summed E-state index contributed by atoms with van der Waals surface area (Å²) in [5.41, 5.74) is 5.46. The standard InChI is InChI=1S/C14H10ClF3N2S/c15-8-1-3-9(4-2-8)20-10-5-6-12(14(16,17)18)11(7-10)13(19)21/h1-7,20H,(H2,19,21). The highest BCUT2D eigenvalue weighted by atomic mass is 35.5. The quantitative estimate of drug-likeness (QED) is 0.798. The summed E-state index contributed by atoms with van der Waals surface area (Å²) in [7, 11) is 0. The highest BCUT2D eigenvalue weighted by Crippen LogP contribution is 2.34. The molecular formula is C14H10ClF3N2S. The highest BCUT2D eigenvalue weighted by molar-refractivity contribution is 7.80. The molecule has 7 heteroatoms. The summed E-state index contributed by atoms with van der Waals surface area (Å²) in [6.07, 6.45) is -4.50. The molecule has 2 aromatic carbocycles. The molecule has 0 aliphatic carbocycles. The van der Waals surface area contributed by atoms with Gasteiger partial charge in [0.2, 0.25) is 0 Å². The molecule has 0 aliphatic rings. The minimum Gasteiger partial charge on any atom is -0.389 e. The lowest BCUT2D eigenvalue weighted by atomic mass is 10.1. The van der Waals surface area contributed by atoms with Crippen molar-refractivity contribution in [3.63, 3.8) is 0 Å². The smallest absolute Gasteiger partial charge is 0.389 e. The van der Waals surface area contributed by atoms with Crippen molar-refractivity contribution in [2.75, 3.05) is 5.32 Å². The molecule has 0 saturated heterocycles. The lowest BCUT2D eigenvalue weighted by molar-refractivity contribution is -0.137. The second kappa shape index (κ2) is 5.91. The first-order valence-corrected chi connectivity index (χ1v) is 6.59. The minimum absolute atomic E-state index is 0.212. The normalized spacial score (nSPS) is 11.2. The molecule has 3 N–H and O–H groups in total. The Morgan fingerprint density at radius 1 is 1.05 bits per heavy atom. The first-order chi connectivity index (χ1) is 9.77. The number of hydrogen-bond acceptors (Lipinski definition) is 2. The zero-order chi connectivity index (χ0) is 15.6. The van der Waals surface area contributed by atoms with Crippen LogP contribution in [0.25, 0.3) is 0 Å². The van der Waals surface area contributed by atoms with Crippen molar-refractivity contribution in [2.45, 2.75) is 6.18 Å². The molecule has 0 saturated carbocycles. The lowest BCUT2D eigenvalue weighted by Crippen LogP contribution is -2.18. The van der Waals surface area contributed by atoms with Crippen LogP contribution in [0.3, 0.4) is 0 Å². The fraction of sp³-hybridized carbons (Fsp3) is 0.0714. The Kier molecular flexibility index (Phi) is 4.39. The molecule has 21 heavy (non-hydrogen) atoms. The molecule has 0 atom stereocenters. The summed E-state index contributed by atoms with van der Waals surface area (Å²) >= 11 is 10.5. The van der Waals surface area contributed by atoms with E-state index in [0.29, 0.717) is 16.4 Å². The number of hydrogen-bond donors (Lipinski definition) is 2. The molecule has 2 nitrogen and oxygen atoms in total. The van der Waals surface area contributed by atoms with Gasteiger partial charge in [-0.05, 0) is 42.5 Å². The van der Waals surface area contributed by atoms with Gasteiger partial charge in [-0.1, -0.05) is 23.8 Å². The Hall–Kier alpha value is -1.79. The zero-order valence-corrected chi connectivity index (χ0v) is 12.1. The predicted octanol–water partition coefficient (Wildman–Crippen LogP) is 4.74. The van der Waals surface area contributed by atoms with Gasteiger partial charge in [-0.3, -0.25) is 0 Å². The van der Waals surface area contributed by atoms with Crippen molar-refractivity contribution < 1.29 is 13.2 Å². The van der Waals surface area contributed by atoms with Gasteiger partial charge in [0.25, 0.3) is 0 Å². The largest absolute Gasteiger partial charge is 0.417 e. The first kappa shape index (κ1) is 15.6. The van der Waals surface area contributed by atoms with Gasteiger partial charge in [-0.2, -0.15) is 13.2 Å². The SMILES string of the molecule is NC(=S)c1cc(Nc2ccc(Cl)cc2)ccc1C(F)(F)F.